The smallest absolute Gasteiger partial charge is 0.213 e. The molecule has 31 heavy (non-hydrogen) atoms. The number of hydrogen-bond acceptors (Lipinski definition) is 4. The lowest BCUT2D eigenvalue weighted by molar-refractivity contribution is -0.0197. The Hall–Kier alpha value is -2.31. The molecule has 4 nitrogen and oxygen atoms in total. The van der Waals surface area contributed by atoms with Gasteiger partial charge in [-0.1, -0.05) is 53.2 Å². The third-order valence-electron chi connectivity index (χ3n) is 5.55. The van der Waals surface area contributed by atoms with Crippen molar-refractivity contribution < 1.29 is 9.47 Å². The third kappa shape index (κ3) is 3.99. The molecule has 0 fully saturated rings. The first-order chi connectivity index (χ1) is 15.1. The summed E-state index contributed by atoms with van der Waals surface area (Å²) in [5.74, 6) is 1.75. The minimum Gasteiger partial charge on any atom is -0.494 e. The van der Waals surface area contributed by atoms with Crippen LogP contribution in [0.2, 0.25) is 0 Å². The van der Waals surface area contributed by atoms with Gasteiger partial charge in [-0.25, -0.2) is 5.01 Å². The molecule has 0 saturated heterocycles. The molecule has 2 atom stereocenters. The summed E-state index contributed by atoms with van der Waals surface area (Å²) in [6.07, 6.45) is 1.51. The van der Waals surface area contributed by atoms with Gasteiger partial charge in [0.25, 0.3) is 0 Å². The van der Waals surface area contributed by atoms with E-state index in [-0.39, 0.29) is 12.3 Å². The molecule has 0 saturated carbocycles. The number of ether oxygens (including phenoxy) is 2. The third-order valence-corrected chi connectivity index (χ3v) is 6.60. The van der Waals surface area contributed by atoms with Crippen LogP contribution >= 0.6 is 31.9 Å². The van der Waals surface area contributed by atoms with Crippen LogP contribution in [-0.2, 0) is 0 Å². The van der Waals surface area contributed by atoms with Crippen LogP contribution in [0.5, 0.6) is 11.5 Å². The van der Waals surface area contributed by atoms with Gasteiger partial charge in [-0.05, 0) is 64.3 Å². The first-order valence-corrected chi connectivity index (χ1v) is 12.0. The number of rotatable bonds is 5. The molecule has 0 N–H and O–H groups in total. The van der Waals surface area contributed by atoms with Crippen molar-refractivity contribution >= 4 is 37.6 Å². The molecule has 3 aromatic carbocycles. The largest absolute Gasteiger partial charge is 0.494 e. The quantitative estimate of drug-likeness (QED) is 0.341. The summed E-state index contributed by atoms with van der Waals surface area (Å²) in [7, 11) is 0. The highest BCUT2D eigenvalue weighted by Gasteiger charge is 2.41. The standard InChI is InChI=1S/C25H22Br2N2O2/c1-2-12-30-19-10-8-17(9-11-19)25-29-23(15-22(28-29)16-6-4-3-5-7-16)20-13-18(26)14-21(27)24(20)31-25/h3-11,13-14,23,25H,2,12,15H2,1H3. The zero-order valence-electron chi connectivity index (χ0n) is 17.1. The Kier molecular flexibility index (Phi) is 5.76. The Morgan fingerprint density at radius 3 is 2.58 bits per heavy atom. The molecule has 3 aromatic rings. The number of halogens is 2. The van der Waals surface area contributed by atoms with Crippen LogP contribution in [0, 0.1) is 0 Å². The van der Waals surface area contributed by atoms with Crippen molar-refractivity contribution in [2.24, 2.45) is 5.10 Å². The second-order valence-corrected chi connectivity index (χ2v) is 9.48. The minimum atomic E-state index is -0.309. The topological polar surface area (TPSA) is 34.1 Å². The molecule has 5 rings (SSSR count). The predicted octanol–water partition coefficient (Wildman–Crippen LogP) is 7.24. The predicted molar refractivity (Wildman–Crippen MR) is 130 cm³/mol. The van der Waals surface area contributed by atoms with E-state index in [1.807, 2.05) is 24.3 Å². The van der Waals surface area contributed by atoms with Gasteiger partial charge in [0.1, 0.15) is 11.5 Å². The molecule has 6 heteroatoms. The number of benzene rings is 3. The summed E-state index contributed by atoms with van der Waals surface area (Å²) in [5, 5.41) is 7.13. The van der Waals surface area contributed by atoms with Gasteiger partial charge in [-0.2, -0.15) is 5.10 Å². The van der Waals surface area contributed by atoms with Gasteiger partial charge >= 0.3 is 0 Å². The fourth-order valence-corrected chi connectivity index (χ4v) is 5.44. The summed E-state index contributed by atoms with van der Waals surface area (Å²) in [6, 6.07) is 22.8. The highest BCUT2D eigenvalue weighted by Crippen LogP contribution is 2.50. The van der Waals surface area contributed by atoms with Gasteiger partial charge in [0, 0.05) is 22.0 Å². The molecular weight excluding hydrogens is 520 g/mol. The molecule has 2 unspecified atom stereocenters. The Balaban J connectivity index is 1.55. The van der Waals surface area contributed by atoms with Crippen molar-refractivity contribution in [3.05, 3.63) is 92.4 Å². The molecule has 2 heterocycles. The Morgan fingerprint density at radius 1 is 1.06 bits per heavy atom. The average Bonchev–Trinajstić information content (AvgIpc) is 3.24. The second kappa shape index (κ2) is 8.67. The maximum Gasteiger partial charge on any atom is 0.213 e. The Morgan fingerprint density at radius 2 is 1.84 bits per heavy atom. The van der Waals surface area contributed by atoms with Crippen LogP contribution in [0.4, 0.5) is 0 Å². The van der Waals surface area contributed by atoms with Crippen LogP contribution in [-0.4, -0.2) is 17.3 Å². The Labute approximate surface area is 199 Å². The van der Waals surface area contributed by atoms with Crippen LogP contribution in [0.1, 0.15) is 48.7 Å². The van der Waals surface area contributed by atoms with E-state index in [0.717, 1.165) is 55.7 Å². The fourth-order valence-electron chi connectivity index (χ4n) is 4.09. The first kappa shape index (κ1) is 20.6. The maximum atomic E-state index is 6.53. The fraction of sp³-hybridized carbons (Fsp3) is 0.240. The number of hydrazone groups is 1. The normalized spacial score (nSPS) is 19.3. The zero-order valence-corrected chi connectivity index (χ0v) is 20.3. The molecule has 0 spiro atoms. The van der Waals surface area contributed by atoms with Crippen LogP contribution in [0.25, 0.3) is 0 Å². The lowest BCUT2D eigenvalue weighted by atomic mass is 9.96. The molecular formula is C25H22Br2N2O2. The van der Waals surface area contributed by atoms with Crippen molar-refractivity contribution in [1.29, 1.82) is 0 Å². The molecule has 2 aliphatic rings. The van der Waals surface area contributed by atoms with Gasteiger partial charge in [0.05, 0.1) is 22.8 Å². The zero-order chi connectivity index (χ0) is 21.4. The average molecular weight is 542 g/mol. The van der Waals surface area contributed by atoms with E-state index in [1.54, 1.807) is 0 Å². The molecule has 0 amide bonds. The van der Waals surface area contributed by atoms with E-state index in [2.05, 4.69) is 86.3 Å². The summed E-state index contributed by atoms with van der Waals surface area (Å²) in [4.78, 5) is 0. The van der Waals surface area contributed by atoms with Gasteiger partial charge < -0.3 is 9.47 Å². The van der Waals surface area contributed by atoms with Gasteiger partial charge in [0.2, 0.25) is 6.23 Å². The van der Waals surface area contributed by atoms with E-state index in [1.165, 1.54) is 0 Å². The van der Waals surface area contributed by atoms with Crippen molar-refractivity contribution in [3.8, 4) is 11.5 Å². The van der Waals surface area contributed by atoms with Crippen molar-refractivity contribution in [1.82, 2.24) is 5.01 Å². The Bertz CT molecular complexity index is 1120. The van der Waals surface area contributed by atoms with Crippen LogP contribution < -0.4 is 9.47 Å². The van der Waals surface area contributed by atoms with Crippen LogP contribution in [0.3, 0.4) is 0 Å². The lowest BCUT2D eigenvalue weighted by Gasteiger charge is -2.38. The molecule has 2 aliphatic heterocycles. The highest BCUT2D eigenvalue weighted by atomic mass is 79.9. The van der Waals surface area contributed by atoms with E-state index in [4.69, 9.17) is 14.6 Å². The van der Waals surface area contributed by atoms with Crippen molar-refractivity contribution in [2.45, 2.75) is 32.0 Å². The summed E-state index contributed by atoms with van der Waals surface area (Å²) >= 11 is 7.33. The van der Waals surface area contributed by atoms with E-state index in [0.29, 0.717) is 6.61 Å². The summed E-state index contributed by atoms with van der Waals surface area (Å²) in [5.41, 5.74) is 4.41. The molecule has 0 bridgehead atoms. The number of fused-ring (bicyclic) bond motifs is 3. The molecule has 0 aromatic heterocycles. The van der Waals surface area contributed by atoms with E-state index >= 15 is 0 Å². The van der Waals surface area contributed by atoms with Crippen molar-refractivity contribution in [2.75, 3.05) is 6.61 Å². The number of hydrogen-bond donors (Lipinski definition) is 0. The van der Waals surface area contributed by atoms with Crippen molar-refractivity contribution in [3.63, 3.8) is 0 Å². The molecule has 0 radical (unpaired) electrons. The summed E-state index contributed by atoms with van der Waals surface area (Å²) < 4.78 is 14.2. The maximum absolute atomic E-state index is 6.53. The first-order valence-electron chi connectivity index (χ1n) is 10.4. The van der Waals surface area contributed by atoms with Gasteiger partial charge in [0.15, 0.2) is 0 Å². The summed E-state index contributed by atoms with van der Waals surface area (Å²) in [6.45, 7) is 2.82. The second-order valence-electron chi connectivity index (χ2n) is 7.71. The molecule has 0 aliphatic carbocycles. The number of nitrogens with zero attached hydrogens (tertiary/aromatic N) is 2. The monoisotopic (exact) mass is 540 g/mol. The highest BCUT2D eigenvalue weighted by molar-refractivity contribution is 9.11. The van der Waals surface area contributed by atoms with E-state index < -0.39 is 0 Å². The van der Waals surface area contributed by atoms with Gasteiger partial charge in [-0.15, -0.1) is 0 Å². The van der Waals surface area contributed by atoms with Gasteiger partial charge in [-0.3, -0.25) is 0 Å². The molecule has 158 valence electrons. The minimum absolute atomic E-state index is 0.105. The van der Waals surface area contributed by atoms with Crippen LogP contribution in [0.15, 0.2) is 80.8 Å². The van der Waals surface area contributed by atoms with E-state index in [9.17, 15) is 0 Å². The SMILES string of the molecule is CCCOc1ccc(C2Oc3c(Br)cc(Br)cc3C3CC(c4ccccc4)=NN32)cc1. The lowest BCUT2D eigenvalue weighted by Crippen LogP contribution is -2.33.